The molecule has 3 N–H and O–H groups in total. The SMILES string of the molecule is CCCCCCCCCCCCCCCCCCCCCCCCNC(=O)Nc1ccc(O)cc1. The van der Waals surface area contributed by atoms with Gasteiger partial charge in [0, 0.05) is 12.2 Å². The highest BCUT2D eigenvalue weighted by Crippen LogP contribution is 2.16. The number of amides is 2. The quantitative estimate of drug-likeness (QED) is 0.100. The maximum atomic E-state index is 11.8. The van der Waals surface area contributed by atoms with Gasteiger partial charge in [-0.3, -0.25) is 0 Å². The zero-order valence-electron chi connectivity index (χ0n) is 22.9. The maximum absolute atomic E-state index is 11.8. The van der Waals surface area contributed by atoms with E-state index >= 15 is 0 Å². The van der Waals surface area contributed by atoms with E-state index in [1.165, 1.54) is 135 Å². The molecule has 1 aromatic carbocycles. The molecule has 0 radical (unpaired) electrons. The predicted octanol–water partition coefficient (Wildman–Crippen LogP) is 10.1. The highest BCUT2D eigenvalue weighted by Gasteiger charge is 2.01. The van der Waals surface area contributed by atoms with Crippen molar-refractivity contribution in [2.75, 3.05) is 11.9 Å². The van der Waals surface area contributed by atoms with Gasteiger partial charge in [-0.05, 0) is 30.7 Å². The Morgan fingerprint density at radius 1 is 0.571 bits per heavy atom. The number of hydrogen-bond donors (Lipinski definition) is 3. The van der Waals surface area contributed by atoms with Crippen LogP contribution in [0.25, 0.3) is 0 Å². The predicted molar refractivity (Wildman–Crippen MR) is 152 cm³/mol. The summed E-state index contributed by atoms with van der Waals surface area (Å²) < 4.78 is 0. The van der Waals surface area contributed by atoms with Crippen molar-refractivity contribution in [1.29, 1.82) is 0 Å². The Morgan fingerprint density at radius 3 is 1.29 bits per heavy atom. The Morgan fingerprint density at radius 2 is 0.914 bits per heavy atom. The lowest BCUT2D eigenvalue weighted by Crippen LogP contribution is -2.29. The minimum atomic E-state index is -0.181. The summed E-state index contributed by atoms with van der Waals surface area (Å²) in [6, 6.07) is 6.33. The third-order valence-electron chi connectivity index (χ3n) is 6.94. The van der Waals surface area contributed by atoms with Gasteiger partial charge in [-0.1, -0.05) is 142 Å². The molecule has 0 spiro atoms. The molecule has 0 saturated carbocycles. The van der Waals surface area contributed by atoms with E-state index in [1.807, 2.05) is 0 Å². The molecule has 35 heavy (non-hydrogen) atoms. The van der Waals surface area contributed by atoms with Crippen molar-refractivity contribution in [3.8, 4) is 5.75 Å². The lowest BCUT2D eigenvalue weighted by atomic mass is 10.0. The Kier molecular flexibility index (Phi) is 21.5. The van der Waals surface area contributed by atoms with Crippen LogP contribution in [0.2, 0.25) is 0 Å². The zero-order valence-corrected chi connectivity index (χ0v) is 22.9. The lowest BCUT2D eigenvalue weighted by molar-refractivity contribution is 0.252. The molecule has 0 bridgehead atoms. The second-order valence-corrected chi connectivity index (χ2v) is 10.4. The number of rotatable bonds is 24. The Bertz CT molecular complexity index is 588. The van der Waals surface area contributed by atoms with Gasteiger partial charge >= 0.3 is 6.03 Å². The number of phenols is 1. The number of urea groups is 1. The van der Waals surface area contributed by atoms with Crippen LogP contribution in [0.4, 0.5) is 10.5 Å². The van der Waals surface area contributed by atoms with Crippen molar-refractivity contribution in [3.05, 3.63) is 24.3 Å². The van der Waals surface area contributed by atoms with Gasteiger partial charge in [-0.15, -0.1) is 0 Å². The van der Waals surface area contributed by atoms with Gasteiger partial charge in [-0.25, -0.2) is 4.79 Å². The van der Waals surface area contributed by atoms with Crippen LogP contribution in [-0.4, -0.2) is 17.7 Å². The Balaban J connectivity index is 1.71. The fourth-order valence-corrected chi connectivity index (χ4v) is 4.66. The van der Waals surface area contributed by atoms with E-state index in [0.717, 1.165) is 6.42 Å². The number of hydrogen-bond acceptors (Lipinski definition) is 2. The Labute approximate surface area is 217 Å². The molecule has 4 nitrogen and oxygen atoms in total. The van der Waals surface area contributed by atoms with Gasteiger partial charge in [-0.2, -0.15) is 0 Å². The molecule has 1 rings (SSSR count). The third kappa shape index (κ3) is 21.3. The van der Waals surface area contributed by atoms with Crippen LogP contribution < -0.4 is 10.6 Å². The number of aromatic hydroxyl groups is 1. The maximum Gasteiger partial charge on any atom is 0.319 e. The monoisotopic (exact) mass is 488 g/mol. The van der Waals surface area contributed by atoms with E-state index < -0.39 is 0 Å². The molecule has 0 saturated heterocycles. The van der Waals surface area contributed by atoms with E-state index in [1.54, 1.807) is 24.3 Å². The van der Waals surface area contributed by atoms with Gasteiger partial charge in [0.05, 0.1) is 0 Å². The minimum absolute atomic E-state index is 0.181. The van der Waals surface area contributed by atoms with E-state index in [-0.39, 0.29) is 11.8 Å². The van der Waals surface area contributed by atoms with Gasteiger partial charge in [0.2, 0.25) is 0 Å². The second-order valence-electron chi connectivity index (χ2n) is 10.4. The van der Waals surface area contributed by atoms with Crippen LogP contribution in [0.1, 0.15) is 148 Å². The fourth-order valence-electron chi connectivity index (χ4n) is 4.66. The summed E-state index contributed by atoms with van der Waals surface area (Å²) in [6.07, 6.45) is 30.5. The molecular formula is C31H56N2O2. The first-order valence-corrected chi connectivity index (χ1v) is 15.1. The van der Waals surface area contributed by atoms with Gasteiger partial charge < -0.3 is 15.7 Å². The van der Waals surface area contributed by atoms with Crippen molar-refractivity contribution in [1.82, 2.24) is 5.32 Å². The number of carbonyl (C=O) groups is 1. The average molecular weight is 489 g/mol. The number of carbonyl (C=O) groups excluding carboxylic acids is 1. The van der Waals surface area contributed by atoms with Crippen LogP contribution in [-0.2, 0) is 0 Å². The average Bonchev–Trinajstić information content (AvgIpc) is 2.86. The molecule has 0 atom stereocenters. The van der Waals surface area contributed by atoms with Crippen molar-refractivity contribution in [2.45, 2.75) is 148 Å². The summed E-state index contributed by atoms with van der Waals surface area (Å²) in [4.78, 5) is 11.8. The van der Waals surface area contributed by atoms with Crippen LogP contribution in [0.5, 0.6) is 5.75 Å². The summed E-state index contributed by atoms with van der Waals surface area (Å²) in [5, 5.41) is 14.9. The van der Waals surface area contributed by atoms with Crippen molar-refractivity contribution < 1.29 is 9.90 Å². The number of unbranched alkanes of at least 4 members (excludes halogenated alkanes) is 21. The normalized spacial score (nSPS) is 11.0. The molecular weight excluding hydrogens is 432 g/mol. The number of benzene rings is 1. The minimum Gasteiger partial charge on any atom is -0.508 e. The molecule has 1 aromatic rings. The van der Waals surface area contributed by atoms with E-state index in [0.29, 0.717) is 12.2 Å². The summed E-state index contributed by atoms with van der Waals surface area (Å²) in [5.74, 6) is 0.200. The molecule has 0 unspecified atom stereocenters. The zero-order chi connectivity index (χ0) is 25.2. The van der Waals surface area contributed by atoms with E-state index in [2.05, 4.69) is 17.6 Å². The van der Waals surface area contributed by atoms with E-state index in [9.17, 15) is 9.90 Å². The summed E-state index contributed by atoms with van der Waals surface area (Å²) in [5.41, 5.74) is 0.689. The summed E-state index contributed by atoms with van der Waals surface area (Å²) >= 11 is 0. The van der Waals surface area contributed by atoms with Crippen molar-refractivity contribution in [2.24, 2.45) is 0 Å². The number of anilines is 1. The van der Waals surface area contributed by atoms with Crippen LogP contribution in [0.15, 0.2) is 24.3 Å². The molecule has 0 aliphatic heterocycles. The highest BCUT2D eigenvalue weighted by molar-refractivity contribution is 5.89. The molecule has 202 valence electrons. The van der Waals surface area contributed by atoms with Crippen LogP contribution in [0, 0.1) is 0 Å². The molecule has 2 amide bonds. The standard InChI is InChI=1S/C31H56N2O2/c1-2-3-4-5-6-7-8-9-10-11-12-13-14-15-16-17-18-19-20-21-22-23-28-32-31(35)33-29-24-26-30(34)27-25-29/h24-27,34H,2-23,28H2,1H3,(H2,32,33,35). The number of nitrogens with one attached hydrogen (secondary N) is 2. The van der Waals surface area contributed by atoms with Crippen LogP contribution in [0.3, 0.4) is 0 Å². The molecule has 4 heteroatoms. The van der Waals surface area contributed by atoms with Crippen molar-refractivity contribution in [3.63, 3.8) is 0 Å². The smallest absolute Gasteiger partial charge is 0.319 e. The fraction of sp³-hybridized carbons (Fsp3) is 0.774. The van der Waals surface area contributed by atoms with Crippen LogP contribution >= 0.6 is 0 Å². The van der Waals surface area contributed by atoms with Gasteiger partial charge in [0.1, 0.15) is 5.75 Å². The molecule has 0 heterocycles. The second kappa shape index (κ2) is 24.0. The van der Waals surface area contributed by atoms with Gasteiger partial charge in [0.25, 0.3) is 0 Å². The summed E-state index contributed by atoms with van der Waals surface area (Å²) in [6.45, 7) is 3.00. The number of phenolic OH excluding ortho intramolecular Hbond substituents is 1. The Hall–Kier alpha value is -1.71. The summed E-state index contributed by atoms with van der Waals surface area (Å²) in [7, 11) is 0. The first kappa shape index (κ1) is 31.3. The molecule has 0 fully saturated rings. The highest BCUT2D eigenvalue weighted by atomic mass is 16.3. The molecule has 0 aromatic heterocycles. The van der Waals surface area contributed by atoms with E-state index in [4.69, 9.17) is 0 Å². The molecule has 0 aliphatic rings. The third-order valence-corrected chi connectivity index (χ3v) is 6.94. The van der Waals surface area contributed by atoms with Crippen molar-refractivity contribution >= 4 is 11.7 Å². The topological polar surface area (TPSA) is 61.4 Å². The molecule has 0 aliphatic carbocycles. The largest absolute Gasteiger partial charge is 0.508 e. The first-order valence-electron chi connectivity index (χ1n) is 15.1. The first-order chi connectivity index (χ1) is 17.2. The lowest BCUT2D eigenvalue weighted by Gasteiger charge is -2.07. The van der Waals surface area contributed by atoms with Gasteiger partial charge in [0.15, 0.2) is 0 Å².